The molecule has 0 saturated carbocycles. The first-order chi connectivity index (χ1) is 19.6. The van der Waals surface area contributed by atoms with Crippen LogP contribution in [0, 0.1) is 17.2 Å². The van der Waals surface area contributed by atoms with E-state index in [2.05, 4.69) is 25.8 Å². The maximum absolute atomic E-state index is 13.5. The monoisotopic (exact) mass is 536 g/mol. The molecule has 4 aromatic heterocycles. The number of amides is 2. The number of H-pyrrole nitrogens is 2. The third kappa shape index (κ3) is 3.79. The molecule has 1 aromatic carbocycles. The fourth-order valence-electron chi connectivity index (χ4n) is 6.19. The number of aromatic nitrogens is 5. The van der Waals surface area contributed by atoms with Crippen molar-refractivity contribution in [3.63, 3.8) is 0 Å². The highest BCUT2D eigenvalue weighted by molar-refractivity contribution is 6.01. The lowest BCUT2D eigenvalue weighted by Gasteiger charge is -2.35. The minimum atomic E-state index is -0.257. The lowest BCUT2D eigenvalue weighted by Crippen LogP contribution is -2.47. The summed E-state index contributed by atoms with van der Waals surface area (Å²) in [6, 6.07) is 11.7. The number of aliphatic hydroxyl groups excluding tert-OH is 1. The second-order valence-corrected chi connectivity index (χ2v) is 10.6. The van der Waals surface area contributed by atoms with E-state index in [1.807, 2.05) is 56.9 Å². The third-order valence-electron chi connectivity index (χ3n) is 8.29. The predicted molar refractivity (Wildman–Crippen MR) is 148 cm³/mol. The number of nitriles is 1. The van der Waals surface area contributed by atoms with Crippen molar-refractivity contribution >= 4 is 22.6 Å². The van der Waals surface area contributed by atoms with Crippen LogP contribution >= 0.6 is 0 Å². The number of piperidine rings is 1. The SMILES string of the molecule is N#Cc1cc2c3c(c1)c(-c1[nH][nH]c(=O)c1-c1cnc4ccccn14)cn3CCN(C(=O)N1CCC(CO)CC1)C2. The Hall–Kier alpha value is -4.82. The third-order valence-corrected chi connectivity index (χ3v) is 8.29. The lowest BCUT2D eigenvalue weighted by molar-refractivity contribution is 0.112. The van der Waals surface area contributed by atoms with Gasteiger partial charge in [0.15, 0.2) is 0 Å². The van der Waals surface area contributed by atoms with Gasteiger partial charge in [-0.3, -0.25) is 19.4 Å². The summed E-state index contributed by atoms with van der Waals surface area (Å²) < 4.78 is 4.00. The van der Waals surface area contributed by atoms with Gasteiger partial charge in [-0.1, -0.05) is 6.07 Å². The average molecular weight is 537 g/mol. The van der Waals surface area contributed by atoms with E-state index in [0.29, 0.717) is 55.2 Å². The number of likely N-dealkylation sites (tertiary alicyclic amines) is 1. The zero-order valence-electron chi connectivity index (χ0n) is 21.8. The van der Waals surface area contributed by atoms with E-state index in [-0.39, 0.29) is 24.1 Å². The molecule has 40 heavy (non-hydrogen) atoms. The summed E-state index contributed by atoms with van der Waals surface area (Å²) in [7, 11) is 0. The Morgan fingerprint density at radius 1 is 1.12 bits per heavy atom. The van der Waals surface area contributed by atoms with Crippen molar-refractivity contribution in [3.05, 3.63) is 70.4 Å². The fourth-order valence-corrected chi connectivity index (χ4v) is 6.19. The van der Waals surface area contributed by atoms with Crippen LogP contribution in [-0.2, 0) is 13.1 Å². The Morgan fingerprint density at radius 3 is 2.77 bits per heavy atom. The van der Waals surface area contributed by atoms with Gasteiger partial charge in [0.25, 0.3) is 5.56 Å². The van der Waals surface area contributed by atoms with Crippen molar-refractivity contribution in [3.8, 4) is 28.6 Å². The van der Waals surface area contributed by atoms with Gasteiger partial charge in [0.1, 0.15) is 5.65 Å². The molecule has 11 nitrogen and oxygen atoms in total. The molecule has 7 rings (SSSR count). The van der Waals surface area contributed by atoms with Crippen molar-refractivity contribution in [2.45, 2.75) is 25.9 Å². The standard InChI is InChI=1S/C29H28N8O3/c30-13-19-11-20-15-36(29(40)34-7-4-18(17-38)5-8-34)10-9-35-16-22(21(12-19)27(20)35)26-25(28(39)33-32-26)23-14-31-24-3-1-2-6-37(23)24/h1-3,6,11-12,14,16,18,38H,4-5,7-10,15,17H2,(H2,32,33,39). The fraction of sp³-hybridized carbons (Fsp3) is 0.310. The second kappa shape index (κ2) is 9.43. The first-order valence-electron chi connectivity index (χ1n) is 13.5. The Labute approximate surface area is 228 Å². The molecule has 0 aliphatic carbocycles. The molecule has 3 N–H and O–H groups in total. The molecule has 6 heterocycles. The number of benzene rings is 1. The van der Waals surface area contributed by atoms with Crippen LogP contribution in [0.25, 0.3) is 39.1 Å². The number of fused-ring (bicyclic) bond motifs is 1. The predicted octanol–water partition coefficient (Wildman–Crippen LogP) is 3.15. The molecule has 1 saturated heterocycles. The molecule has 0 unspecified atom stereocenters. The van der Waals surface area contributed by atoms with Crippen molar-refractivity contribution in [1.82, 2.24) is 33.9 Å². The van der Waals surface area contributed by atoms with Crippen LogP contribution in [0.2, 0.25) is 0 Å². The van der Waals surface area contributed by atoms with Crippen LogP contribution in [0.15, 0.2) is 53.7 Å². The smallest absolute Gasteiger partial charge is 0.320 e. The molecular formula is C29H28N8O3. The number of nitrogens with one attached hydrogen (secondary N) is 2. The van der Waals surface area contributed by atoms with Crippen LogP contribution in [0.4, 0.5) is 4.79 Å². The van der Waals surface area contributed by atoms with Crippen molar-refractivity contribution in [2.75, 3.05) is 26.2 Å². The molecule has 11 heteroatoms. The van der Waals surface area contributed by atoms with Crippen molar-refractivity contribution in [2.24, 2.45) is 5.92 Å². The van der Waals surface area contributed by atoms with E-state index < -0.39 is 0 Å². The molecule has 2 amide bonds. The van der Waals surface area contributed by atoms with Gasteiger partial charge in [0.05, 0.1) is 40.3 Å². The highest BCUT2D eigenvalue weighted by Gasteiger charge is 2.30. The zero-order chi connectivity index (χ0) is 27.4. The molecule has 5 aromatic rings. The van der Waals surface area contributed by atoms with E-state index in [1.54, 1.807) is 6.20 Å². The molecule has 1 fully saturated rings. The van der Waals surface area contributed by atoms with Gasteiger partial charge >= 0.3 is 6.03 Å². The normalized spacial score (nSPS) is 16.0. The van der Waals surface area contributed by atoms with E-state index in [0.717, 1.165) is 40.5 Å². The summed E-state index contributed by atoms with van der Waals surface area (Å²) in [5.41, 5.74) is 5.39. The van der Waals surface area contributed by atoms with Gasteiger partial charge < -0.3 is 19.5 Å². The number of hydrogen-bond donors (Lipinski definition) is 3. The van der Waals surface area contributed by atoms with Crippen molar-refractivity contribution in [1.29, 1.82) is 5.26 Å². The number of aromatic amines is 2. The summed E-state index contributed by atoms with van der Waals surface area (Å²) in [4.78, 5) is 34.8. The largest absolute Gasteiger partial charge is 0.396 e. The molecule has 0 atom stereocenters. The maximum Gasteiger partial charge on any atom is 0.320 e. The number of aliphatic hydroxyl groups is 1. The summed E-state index contributed by atoms with van der Waals surface area (Å²) in [6.07, 6.45) is 7.17. The van der Waals surface area contributed by atoms with Gasteiger partial charge in [-0.15, -0.1) is 0 Å². The summed E-state index contributed by atoms with van der Waals surface area (Å²) in [5.74, 6) is 0.254. The topological polar surface area (TPSA) is 138 Å². The Morgan fingerprint density at radius 2 is 1.98 bits per heavy atom. The zero-order valence-corrected chi connectivity index (χ0v) is 21.8. The minimum Gasteiger partial charge on any atom is -0.396 e. The minimum absolute atomic E-state index is 0.0114. The number of hydrogen-bond acceptors (Lipinski definition) is 5. The van der Waals surface area contributed by atoms with Crippen LogP contribution < -0.4 is 5.56 Å². The van der Waals surface area contributed by atoms with E-state index >= 15 is 0 Å². The van der Waals surface area contributed by atoms with Crippen LogP contribution in [0.3, 0.4) is 0 Å². The molecule has 0 radical (unpaired) electrons. The average Bonchev–Trinajstić information content (AvgIpc) is 3.65. The first kappa shape index (κ1) is 24.2. The number of rotatable bonds is 3. The van der Waals surface area contributed by atoms with Gasteiger partial charge in [-0.2, -0.15) is 5.26 Å². The number of carbonyl (C=O) groups is 1. The van der Waals surface area contributed by atoms with Gasteiger partial charge in [0, 0.05) is 62.7 Å². The van der Waals surface area contributed by atoms with Crippen LogP contribution in [0.5, 0.6) is 0 Å². The molecule has 0 spiro atoms. The van der Waals surface area contributed by atoms with E-state index in [4.69, 9.17) is 0 Å². The van der Waals surface area contributed by atoms with Crippen LogP contribution in [-0.4, -0.2) is 71.3 Å². The van der Waals surface area contributed by atoms with Gasteiger partial charge in [-0.05, 0) is 48.6 Å². The first-order valence-corrected chi connectivity index (χ1v) is 13.5. The maximum atomic E-state index is 13.5. The molecular weight excluding hydrogens is 508 g/mol. The Kier molecular flexibility index (Phi) is 5.71. The second-order valence-electron chi connectivity index (χ2n) is 10.6. The number of carbonyl (C=O) groups excluding carboxylic acids is 1. The molecule has 2 aliphatic rings. The van der Waals surface area contributed by atoms with Crippen molar-refractivity contribution < 1.29 is 9.90 Å². The number of nitrogens with zero attached hydrogens (tertiary/aromatic N) is 6. The van der Waals surface area contributed by atoms with Gasteiger partial charge in [-0.25, -0.2) is 9.78 Å². The number of imidazole rings is 1. The molecule has 2 aliphatic heterocycles. The number of urea groups is 1. The van der Waals surface area contributed by atoms with Crippen LogP contribution in [0.1, 0.15) is 24.0 Å². The summed E-state index contributed by atoms with van der Waals surface area (Å²) >= 11 is 0. The lowest BCUT2D eigenvalue weighted by atomic mass is 9.98. The Balaban J connectivity index is 1.31. The molecule has 0 bridgehead atoms. The highest BCUT2D eigenvalue weighted by atomic mass is 16.3. The highest BCUT2D eigenvalue weighted by Crippen LogP contribution is 2.38. The molecule has 202 valence electrons. The van der Waals surface area contributed by atoms with E-state index in [1.165, 1.54) is 0 Å². The summed E-state index contributed by atoms with van der Waals surface area (Å²) in [5, 5.41) is 26.0. The summed E-state index contributed by atoms with van der Waals surface area (Å²) in [6.45, 7) is 2.91. The quantitative estimate of drug-likeness (QED) is 0.325. The van der Waals surface area contributed by atoms with E-state index in [9.17, 15) is 20.0 Å². The number of pyridine rings is 1. The van der Waals surface area contributed by atoms with Gasteiger partial charge in [0.2, 0.25) is 0 Å². The Bertz CT molecular complexity index is 1860.